The van der Waals surface area contributed by atoms with E-state index in [9.17, 15) is 34.1 Å². The van der Waals surface area contributed by atoms with E-state index in [2.05, 4.69) is 31.3 Å². The summed E-state index contributed by atoms with van der Waals surface area (Å²) in [4.78, 5) is 45.7. The first-order valence-electron chi connectivity index (χ1n) is 20.2. The van der Waals surface area contributed by atoms with Crippen molar-refractivity contribution < 1.29 is 47.8 Å². The number of rotatable bonds is 38. The number of aliphatic carboxylic acids is 1. The van der Waals surface area contributed by atoms with Gasteiger partial charge in [0, 0.05) is 12.8 Å². The number of hydrogen-bond acceptors (Lipinski definition) is 8. The summed E-state index contributed by atoms with van der Waals surface area (Å²) in [5.74, 6) is -2.38. The Morgan fingerprint density at radius 2 is 1.04 bits per heavy atom. The van der Waals surface area contributed by atoms with E-state index in [1.54, 1.807) is 0 Å². The van der Waals surface area contributed by atoms with Gasteiger partial charge in [-0.15, -0.1) is 0 Å². The summed E-state index contributed by atoms with van der Waals surface area (Å²) in [7, 11) is -4.75. The molecule has 3 atom stereocenters. The summed E-state index contributed by atoms with van der Waals surface area (Å²) in [6.07, 6.45) is 32.5. The second kappa shape index (κ2) is 35.3. The fourth-order valence-electron chi connectivity index (χ4n) is 5.59. The van der Waals surface area contributed by atoms with E-state index in [0.717, 1.165) is 57.8 Å². The van der Waals surface area contributed by atoms with Crippen LogP contribution < -0.4 is 5.32 Å². The number of ether oxygens (including phenoxy) is 1. The number of allylic oxidation sites excluding steroid dienone is 2. The van der Waals surface area contributed by atoms with Crippen LogP contribution in [0.4, 0.5) is 0 Å². The third-order valence-electron chi connectivity index (χ3n) is 8.80. The van der Waals surface area contributed by atoms with Gasteiger partial charge in [-0.25, -0.2) is 9.36 Å². The van der Waals surface area contributed by atoms with Crippen LogP contribution in [0.25, 0.3) is 0 Å². The molecule has 0 saturated carbocycles. The van der Waals surface area contributed by atoms with Crippen molar-refractivity contribution in [2.24, 2.45) is 0 Å². The van der Waals surface area contributed by atoms with Gasteiger partial charge in [0.25, 0.3) is 0 Å². The Hall–Kier alpha value is -1.78. The molecule has 0 aromatic rings. The molecule has 0 aliphatic heterocycles. The molecule has 3 unspecified atom stereocenters. The van der Waals surface area contributed by atoms with Crippen molar-refractivity contribution in [2.75, 3.05) is 19.8 Å². The third kappa shape index (κ3) is 35.0. The van der Waals surface area contributed by atoms with E-state index in [4.69, 9.17) is 13.8 Å². The molecule has 0 fully saturated rings. The molecule has 0 aliphatic carbocycles. The monoisotopic (exact) mass is 748 g/mol. The van der Waals surface area contributed by atoms with E-state index < -0.39 is 57.6 Å². The average molecular weight is 748 g/mol. The first kappa shape index (κ1) is 49.2. The van der Waals surface area contributed by atoms with E-state index in [1.165, 1.54) is 89.9 Å². The number of aliphatic hydroxyl groups excluding tert-OH is 1. The van der Waals surface area contributed by atoms with Crippen LogP contribution in [0.5, 0.6) is 0 Å². The Labute approximate surface area is 309 Å². The molecule has 12 heteroatoms. The molecule has 51 heavy (non-hydrogen) atoms. The number of aliphatic hydroxyl groups is 1. The molecule has 0 saturated heterocycles. The standard InChI is InChI=1S/C39H74NO10P/c1-3-5-7-9-11-13-15-16-17-18-19-21-23-25-27-29-31-38(43)48-32-35(41)33-49-51(46,47)50-34-36(39(44)45)40-37(42)30-28-26-24-22-20-14-12-10-8-6-4-2/h10,12,35-36,41H,3-9,11,13-34H2,1-2H3,(H,40,42)(H,44,45)(H,46,47)/b12-10-. The van der Waals surface area contributed by atoms with E-state index >= 15 is 0 Å². The number of phosphoric ester groups is 1. The molecule has 0 aliphatic rings. The van der Waals surface area contributed by atoms with Crippen molar-refractivity contribution in [1.82, 2.24) is 5.32 Å². The van der Waals surface area contributed by atoms with Gasteiger partial charge in [0.05, 0.1) is 13.2 Å². The summed E-state index contributed by atoms with van der Waals surface area (Å²) in [6.45, 7) is 2.54. The fraction of sp³-hybridized carbons (Fsp3) is 0.872. The predicted octanol–water partition coefficient (Wildman–Crippen LogP) is 9.72. The van der Waals surface area contributed by atoms with Crippen LogP contribution in [0.2, 0.25) is 0 Å². The smallest absolute Gasteiger partial charge is 0.472 e. The maximum absolute atomic E-state index is 12.2. The van der Waals surface area contributed by atoms with Crippen LogP contribution in [-0.2, 0) is 32.7 Å². The van der Waals surface area contributed by atoms with Gasteiger partial charge >= 0.3 is 19.8 Å². The molecule has 300 valence electrons. The SMILES string of the molecule is CCCC/C=C\CCCCCCCC(=O)NC(COP(=O)(O)OCC(O)COC(=O)CCCCCCCCCCCCCCCCCC)C(=O)O. The number of carbonyl (C=O) groups is 3. The lowest BCUT2D eigenvalue weighted by Crippen LogP contribution is -2.43. The zero-order valence-corrected chi connectivity index (χ0v) is 33.1. The molecule has 0 rings (SSSR count). The fourth-order valence-corrected chi connectivity index (χ4v) is 6.36. The molecular weight excluding hydrogens is 673 g/mol. The van der Waals surface area contributed by atoms with E-state index in [0.29, 0.717) is 12.8 Å². The summed E-state index contributed by atoms with van der Waals surface area (Å²) < 4.78 is 26.7. The van der Waals surface area contributed by atoms with Crippen LogP contribution >= 0.6 is 7.82 Å². The van der Waals surface area contributed by atoms with Crippen LogP contribution in [-0.4, -0.2) is 64.9 Å². The minimum Gasteiger partial charge on any atom is -0.480 e. The van der Waals surface area contributed by atoms with Crippen LogP contribution in [0.1, 0.15) is 187 Å². The van der Waals surface area contributed by atoms with Crippen molar-refractivity contribution in [3.63, 3.8) is 0 Å². The Morgan fingerprint density at radius 1 is 0.608 bits per heavy atom. The second-order valence-corrected chi connectivity index (χ2v) is 15.3. The third-order valence-corrected chi connectivity index (χ3v) is 9.76. The van der Waals surface area contributed by atoms with E-state index in [-0.39, 0.29) is 12.8 Å². The summed E-state index contributed by atoms with van der Waals surface area (Å²) in [6, 6.07) is -1.54. The number of unbranched alkanes of at least 4 members (excludes halogenated alkanes) is 22. The number of esters is 1. The van der Waals surface area contributed by atoms with Gasteiger partial charge in [0.1, 0.15) is 12.7 Å². The molecule has 0 bridgehead atoms. The van der Waals surface area contributed by atoms with Gasteiger partial charge < -0.3 is 25.2 Å². The molecular formula is C39H74NO10P. The Balaban J connectivity index is 3.90. The quantitative estimate of drug-likeness (QED) is 0.0206. The number of phosphoric acid groups is 1. The molecule has 0 spiro atoms. The highest BCUT2D eigenvalue weighted by Gasteiger charge is 2.28. The number of carboxylic acids is 1. The number of carboxylic acid groups (broad SMARTS) is 1. The maximum atomic E-state index is 12.2. The highest BCUT2D eigenvalue weighted by Crippen LogP contribution is 2.43. The zero-order valence-electron chi connectivity index (χ0n) is 32.2. The minimum absolute atomic E-state index is 0.137. The molecule has 0 heterocycles. The second-order valence-electron chi connectivity index (χ2n) is 13.8. The number of carbonyl (C=O) groups excluding carboxylic acids is 2. The Kier molecular flexibility index (Phi) is 34.0. The van der Waals surface area contributed by atoms with Crippen molar-refractivity contribution in [1.29, 1.82) is 0 Å². The normalized spacial score (nSPS) is 14.0. The van der Waals surface area contributed by atoms with Crippen LogP contribution in [0.3, 0.4) is 0 Å². The highest BCUT2D eigenvalue weighted by molar-refractivity contribution is 7.47. The van der Waals surface area contributed by atoms with Gasteiger partial charge in [0.15, 0.2) is 6.04 Å². The first-order valence-corrected chi connectivity index (χ1v) is 21.7. The lowest BCUT2D eigenvalue weighted by molar-refractivity contribution is -0.147. The number of amides is 1. The minimum atomic E-state index is -4.75. The van der Waals surface area contributed by atoms with E-state index in [1.807, 2.05) is 0 Å². The van der Waals surface area contributed by atoms with Crippen molar-refractivity contribution in [3.05, 3.63) is 12.2 Å². The summed E-state index contributed by atoms with van der Waals surface area (Å²) in [5, 5.41) is 21.7. The van der Waals surface area contributed by atoms with Crippen molar-refractivity contribution >= 4 is 25.7 Å². The zero-order chi connectivity index (χ0) is 37.8. The van der Waals surface area contributed by atoms with Gasteiger partial charge in [-0.1, -0.05) is 154 Å². The highest BCUT2D eigenvalue weighted by atomic mass is 31.2. The topological polar surface area (TPSA) is 169 Å². The lowest BCUT2D eigenvalue weighted by atomic mass is 10.0. The molecule has 1 amide bonds. The Morgan fingerprint density at radius 3 is 1.55 bits per heavy atom. The average Bonchev–Trinajstić information content (AvgIpc) is 3.10. The Bertz CT molecular complexity index is 932. The van der Waals surface area contributed by atoms with Crippen molar-refractivity contribution in [2.45, 2.75) is 199 Å². The predicted molar refractivity (Wildman–Crippen MR) is 203 cm³/mol. The van der Waals surface area contributed by atoms with Gasteiger partial charge in [-0.2, -0.15) is 0 Å². The van der Waals surface area contributed by atoms with Crippen molar-refractivity contribution in [3.8, 4) is 0 Å². The lowest BCUT2D eigenvalue weighted by Gasteiger charge is -2.18. The van der Waals surface area contributed by atoms with Gasteiger partial charge in [0.2, 0.25) is 5.91 Å². The largest absolute Gasteiger partial charge is 0.480 e. The molecule has 0 radical (unpaired) electrons. The molecule has 4 N–H and O–H groups in total. The molecule has 11 nitrogen and oxygen atoms in total. The number of hydrogen-bond donors (Lipinski definition) is 4. The van der Waals surface area contributed by atoms with Gasteiger partial charge in [-0.05, 0) is 32.1 Å². The first-order chi connectivity index (χ1) is 24.6. The summed E-state index contributed by atoms with van der Waals surface area (Å²) >= 11 is 0. The number of nitrogens with one attached hydrogen (secondary N) is 1. The van der Waals surface area contributed by atoms with Crippen LogP contribution in [0, 0.1) is 0 Å². The summed E-state index contributed by atoms with van der Waals surface area (Å²) in [5.41, 5.74) is 0. The maximum Gasteiger partial charge on any atom is 0.472 e. The molecule has 0 aromatic heterocycles. The van der Waals surface area contributed by atoms with Gasteiger partial charge in [-0.3, -0.25) is 18.6 Å². The van der Waals surface area contributed by atoms with Crippen LogP contribution in [0.15, 0.2) is 12.2 Å². The molecule has 0 aromatic carbocycles.